The third kappa shape index (κ3) is 4.75. The number of ether oxygens (including phenoxy) is 1. The number of carbonyl (C=O) groups is 1. The molecule has 0 radical (unpaired) electrons. The Kier molecular flexibility index (Phi) is 5.99. The zero-order valence-corrected chi connectivity index (χ0v) is 17.7. The highest BCUT2D eigenvalue weighted by atomic mass is 32.2. The first kappa shape index (κ1) is 20.6. The van der Waals surface area contributed by atoms with E-state index in [4.69, 9.17) is 9.15 Å². The fourth-order valence-corrected chi connectivity index (χ4v) is 3.85. The first-order valence-electron chi connectivity index (χ1n) is 9.52. The molecule has 4 rings (SSSR count). The SMILES string of the molecule is CCOC(=O)Nc1ccc2c(CSc3nnnn3-c3ccc(C)cc3)cc(=O)oc2c1. The zero-order valence-electron chi connectivity index (χ0n) is 16.9. The summed E-state index contributed by atoms with van der Waals surface area (Å²) >= 11 is 1.41. The highest BCUT2D eigenvalue weighted by Crippen LogP contribution is 2.28. The number of carbonyl (C=O) groups excluding carboxylic acids is 1. The summed E-state index contributed by atoms with van der Waals surface area (Å²) in [5.41, 5.74) is 3.14. The molecule has 4 aromatic rings. The van der Waals surface area contributed by atoms with Crippen LogP contribution in [0.5, 0.6) is 0 Å². The predicted molar refractivity (Wildman–Crippen MR) is 117 cm³/mol. The van der Waals surface area contributed by atoms with Crippen molar-refractivity contribution < 1.29 is 13.9 Å². The normalized spacial score (nSPS) is 10.9. The molecule has 158 valence electrons. The van der Waals surface area contributed by atoms with Crippen molar-refractivity contribution in [3.05, 3.63) is 70.1 Å². The minimum Gasteiger partial charge on any atom is -0.450 e. The topological polar surface area (TPSA) is 112 Å². The van der Waals surface area contributed by atoms with E-state index in [1.807, 2.05) is 31.2 Å². The molecule has 0 fully saturated rings. The summed E-state index contributed by atoms with van der Waals surface area (Å²) in [7, 11) is 0. The molecule has 0 bridgehead atoms. The monoisotopic (exact) mass is 437 g/mol. The lowest BCUT2D eigenvalue weighted by Crippen LogP contribution is -2.13. The largest absolute Gasteiger partial charge is 0.450 e. The fourth-order valence-electron chi connectivity index (χ4n) is 2.97. The van der Waals surface area contributed by atoms with E-state index in [9.17, 15) is 9.59 Å². The first-order valence-corrected chi connectivity index (χ1v) is 10.5. The van der Waals surface area contributed by atoms with Crippen LogP contribution in [0.2, 0.25) is 0 Å². The average molecular weight is 437 g/mol. The summed E-state index contributed by atoms with van der Waals surface area (Å²) < 4.78 is 11.8. The number of benzene rings is 2. The van der Waals surface area contributed by atoms with Crippen LogP contribution in [0.15, 0.2) is 62.9 Å². The number of amides is 1. The highest BCUT2D eigenvalue weighted by Gasteiger charge is 2.13. The zero-order chi connectivity index (χ0) is 21.8. The van der Waals surface area contributed by atoms with Crippen molar-refractivity contribution >= 4 is 34.5 Å². The second-order valence-corrected chi connectivity index (χ2v) is 7.59. The number of thioether (sulfide) groups is 1. The molecule has 9 nitrogen and oxygen atoms in total. The quantitative estimate of drug-likeness (QED) is 0.357. The van der Waals surface area contributed by atoms with E-state index < -0.39 is 11.7 Å². The van der Waals surface area contributed by atoms with Crippen LogP contribution in [0.25, 0.3) is 16.7 Å². The first-order chi connectivity index (χ1) is 15.0. The van der Waals surface area contributed by atoms with Gasteiger partial charge in [0.15, 0.2) is 0 Å². The van der Waals surface area contributed by atoms with Crippen LogP contribution in [0.1, 0.15) is 18.1 Å². The van der Waals surface area contributed by atoms with Gasteiger partial charge in [-0.05, 0) is 54.1 Å². The lowest BCUT2D eigenvalue weighted by molar-refractivity contribution is 0.168. The van der Waals surface area contributed by atoms with Crippen molar-refractivity contribution in [3.63, 3.8) is 0 Å². The smallest absolute Gasteiger partial charge is 0.411 e. The molecule has 0 atom stereocenters. The van der Waals surface area contributed by atoms with E-state index in [1.54, 1.807) is 29.8 Å². The molecule has 1 N–H and O–H groups in total. The number of aromatic nitrogens is 4. The van der Waals surface area contributed by atoms with Crippen LogP contribution in [-0.4, -0.2) is 32.9 Å². The van der Waals surface area contributed by atoms with Gasteiger partial charge >= 0.3 is 11.7 Å². The molecule has 0 saturated heterocycles. The van der Waals surface area contributed by atoms with Crippen molar-refractivity contribution in [2.45, 2.75) is 24.8 Å². The molecule has 0 aliphatic carbocycles. The van der Waals surface area contributed by atoms with Crippen molar-refractivity contribution in [3.8, 4) is 5.69 Å². The van der Waals surface area contributed by atoms with Crippen molar-refractivity contribution in [1.29, 1.82) is 0 Å². The van der Waals surface area contributed by atoms with Crippen LogP contribution < -0.4 is 10.9 Å². The summed E-state index contributed by atoms with van der Waals surface area (Å²) in [6, 6.07) is 14.4. The van der Waals surface area contributed by atoms with E-state index in [-0.39, 0.29) is 6.61 Å². The Hall–Kier alpha value is -3.66. The summed E-state index contributed by atoms with van der Waals surface area (Å²) in [6.07, 6.45) is -0.571. The molecule has 10 heteroatoms. The van der Waals surface area contributed by atoms with Gasteiger partial charge in [0.1, 0.15) is 5.58 Å². The number of nitrogens with zero attached hydrogens (tertiary/aromatic N) is 4. The number of hydrogen-bond donors (Lipinski definition) is 1. The van der Waals surface area contributed by atoms with E-state index in [0.29, 0.717) is 22.2 Å². The summed E-state index contributed by atoms with van der Waals surface area (Å²) in [5, 5.41) is 15.9. The third-order valence-corrected chi connectivity index (χ3v) is 5.40. The highest BCUT2D eigenvalue weighted by molar-refractivity contribution is 7.98. The second kappa shape index (κ2) is 9.00. The van der Waals surface area contributed by atoms with Crippen LogP contribution in [-0.2, 0) is 10.5 Å². The molecule has 2 aromatic heterocycles. The van der Waals surface area contributed by atoms with Gasteiger partial charge in [0.2, 0.25) is 5.16 Å². The lowest BCUT2D eigenvalue weighted by Gasteiger charge is -2.09. The molecule has 0 saturated carbocycles. The lowest BCUT2D eigenvalue weighted by atomic mass is 10.1. The Morgan fingerprint density at radius 1 is 1.19 bits per heavy atom. The number of fused-ring (bicyclic) bond motifs is 1. The van der Waals surface area contributed by atoms with E-state index in [2.05, 4.69) is 20.8 Å². The van der Waals surface area contributed by atoms with Gasteiger partial charge in [-0.1, -0.05) is 29.5 Å². The molecule has 2 aromatic carbocycles. The van der Waals surface area contributed by atoms with Crippen LogP contribution in [0, 0.1) is 6.92 Å². The molecule has 0 aliphatic rings. The summed E-state index contributed by atoms with van der Waals surface area (Å²) in [5.74, 6) is 0.457. The number of tetrazole rings is 1. The van der Waals surface area contributed by atoms with Gasteiger partial charge in [-0.3, -0.25) is 5.32 Å². The number of nitrogens with one attached hydrogen (secondary N) is 1. The maximum absolute atomic E-state index is 12.1. The van der Waals surface area contributed by atoms with Crippen LogP contribution >= 0.6 is 11.8 Å². The minimum absolute atomic E-state index is 0.262. The van der Waals surface area contributed by atoms with Gasteiger partial charge in [-0.2, -0.15) is 4.68 Å². The van der Waals surface area contributed by atoms with Gasteiger partial charge in [0, 0.05) is 29.0 Å². The number of anilines is 1. The Labute approximate surface area is 181 Å². The predicted octanol–water partition coefficient (Wildman–Crippen LogP) is 3.94. The van der Waals surface area contributed by atoms with Gasteiger partial charge in [-0.25, -0.2) is 9.59 Å². The standard InChI is InChI=1S/C21H19N5O4S/c1-3-29-21(28)22-15-6-9-17-14(10-19(27)30-18(17)11-15)12-31-20-23-24-25-26(20)16-7-4-13(2)5-8-16/h4-11H,3,12H2,1-2H3,(H,22,28). The van der Waals surface area contributed by atoms with Crippen LogP contribution in [0.4, 0.5) is 10.5 Å². The molecule has 31 heavy (non-hydrogen) atoms. The number of aryl methyl sites for hydroxylation is 1. The van der Waals surface area contributed by atoms with Crippen molar-refractivity contribution in [2.75, 3.05) is 11.9 Å². The van der Waals surface area contributed by atoms with E-state index >= 15 is 0 Å². The molecule has 0 aliphatic heterocycles. The maximum Gasteiger partial charge on any atom is 0.411 e. The third-order valence-electron chi connectivity index (χ3n) is 4.43. The molecule has 0 unspecified atom stereocenters. The summed E-state index contributed by atoms with van der Waals surface area (Å²) in [6.45, 7) is 3.99. The Bertz CT molecular complexity index is 1280. The van der Waals surface area contributed by atoms with Crippen molar-refractivity contribution in [1.82, 2.24) is 20.2 Å². The fraction of sp³-hybridized carbons (Fsp3) is 0.190. The van der Waals surface area contributed by atoms with Gasteiger partial charge in [0.25, 0.3) is 0 Å². The molecule has 1 amide bonds. The Morgan fingerprint density at radius 2 is 2.00 bits per heavy atom. The summed E-state index contributed by atoms with van der Waals surface area (Å²) in [4.78, 5) is 23.7. The van der Waals surface area contributed by atoms with Gasteiger partial charge < -0.3 is 9.15 Å². The Balaban J connectivity index is 1.58. The molecular weight excluding hydrogens is 418 g/mol. The number of hydrogen-bond acceptors (Lipinski definition) is 8. The van der Waals surface area contributed by atoms with E-state index in [0.717, 1.165) is 22.2 Å². The second-order valence-electron chi connectivity index (χ2n) is 6.64. The molecular formula is C21H19N5O4S. The minimum atomic E-state index is -0.571. The number of rotatable bonds is 6. The molecule has 2 heterocycles. The van der Waals surface area contributed by atoms with Gasteiger partial charge in [-0.15, -0.1) is 5.10 Å². The maximum atomic E-state index is 12.1. The van der Waals surface area contributed by atoms with E-state index in [1.165, 1.54) is 17.8 Å². The van der Waals surface area contributed by atoms with Gasteiger partial charge in [0.05, 0.1) is 12.3 Å². The van der Waals surface area contributed by atoms with Crippen molar-refractivity contribution in [2.24, 2.45) is 0 Å². The Morgan fingerprint density at radius 3 is 2.77 bits per heavy atom. The molecule has 0 spiro atoms. The van der Waals surface area contributed by atoms with Crippen LogP contribution in [0.3, 0.4) is 0 Å². The average Bonchev–Trinajstić information content (AvgIpc) is 3.21.